The zero-order valence-electron chi connectivity index (χ0n) is 17.9. The monoisotopic (exact) mass is 413 g/mol. The highest BCUT2D eigenvalue weighted by atomic mass is 15.0. The molecule has 0 spiro atoms. The van der Waals surface area contributed by atoms with Crippen molar-refractivity contribution in [2.45, 2.75) is 32.2 Å². The Labute approximate surface area is 185 Å². The van der Waals surface area contributed by atoms with E-state index in [1.54, 1.807) is 18.6 Å². The maximum absolute atomic E-state index is 7.31. The van der Waals surface area contributed by atoms with Crippen LogP contribution in [0.4, 0.5) is 0 Å². The van der Waals surface area contributed by atoms with Gasteiger partial charge in [0.2, 0.25) is 0 Å². The third-order valence-electron chi connectivity index (χ3n) is 5.16. The second-order valence-electron chi connectivity index (χ2n) is 7.45. The Balaban J connectivity index is 1.29. The molecule has 5 nitrogen and oxygen atoms in total. The number of nitrogens with zero attached hydrogens (tertiary/aromatic N) is 2. The summed E-state index contributed by atoms with van der Waals surface area (Å²) in [6.45, 7) is 2.81. The van der Waals surface area contributed by atoms with E-state index in [2.05, 4.69) is 75.3 Å². The molecule has 0 fully saturated rings. The Morgan fingerprint density at radius 3 is 2.42 bits per heavy atom. The van der Waals surface area contributed by atoms with Crippen LogP contribution in [0.5, 0.6) is 0 Å². The summed E-state index contributed by atoms with van der Waals surface area (Å²) in [4.78, 5) is 4.07. The number of pyridine rings is 1. The Bertz CT molecular complexity index is 938. The van der Waals surface area contributed by atoms with E-state index in [1.807, 2.05) is 12.1 Å². The average molecular weight is 414 g/mol. The molecule has 0 saturated heterocycles. The predicted molar refractivity (Wildman–Crippen MR) is 127 cm³/mol. The number of hydrogen-bond donors (Lipinski definition) is 3. The summed E-state index contributed by atoms with van der Waals surface area (Å²) in [5.41, 5.74) is 12.7. The topological polar surface area (TPSA) is 73.2 Å². The van der Waals surface area contributed by atoms with Gasteiger partial charge in [0.25, 0.3) is 0 Å². The molecule has 0 amide bonds. The number of unbranched alkanes of at least 4 members (excludes halogenated alkanes) is 3. The van der Waals surface area contributed by atoms with E-state index in [-0.39, 0.29) is 0 Å². The molecule has 0 atom stereocenters. The standard InChI is InChI=1S/C26H31N5/c27-31-26(24-14-10-18-29-20-24)21-30-17-9-2-1-8-16-28-19-23-13-6-7-15-25(23)22-11-4-3-5-12-22/h3-7,10-15,18,20-21,27-28,30H,1-2,8-9,16-17,19H2/b26-21-,31-27?. The highest BCUT2D eigenvalue weighted by molar-refractivity contribution is 5.67. The van der Waals surface area contributed by atoms with Gasteiger partial charge in [0, 0.05) is 37.2 Å². The minimum Gasteiger partial charge on any atom is -0.389 e. The summed E-state index contributed by atoms with van der Waals surface area (Å²) in [7, 11) is 0. The molecule has 31 heavy (non-hydrogen) atoms. The van der Waals surface area contributed by atoms with E-state index in [0.717, 1.165) is 31.6 Å². The normalized spacial score (nSPS) is 11.3. The van der Waals surface area contributed by atoms with Gasteiger partial charge in [-0.3, -0.25) is 4.98 Å². The fourth-order valence-electron chi connectivity index (χ4n) is 3.49. The Morgan fingerprint density at radius 2 is 1.65 bits per heavy atom. The van der Waals surface area contributed by atoms with Gasteiger partial charge in [0.1, 0.15) is 5.70 Å². The minimum atomic E-state index is 0.605. The van der Waals surface area contributed by atoms with Crippen molar-refractivity contribution in [1.82, 2.24) is 15.6 Å². The van der Waals surface area contributed by atoms with Crippen LogP contribution >= 0.6 is 0 Å². The molecule has 0 unspecified atom stereocenters. The zero-order valence-corrected chi connectivity index (χ0v) is 17.9. The van der Waals surface area contributed by atoms with Gasteiger partial charge in [0.05, 0.1) is 0 Å². The molecule has 0 aliphatic carbocycles. The largest absolute Gasteiger partial charge is 0.389 e. The molecule has 0 bridgehead atoms. The Kier molecular flexibility index (Phi) is 9.45. The average Bonchev–Trinajstić information content (AvgIpc) is 2.84. The fourth-order valence-corrected chi connectivity index (χ4v) is 3.49. The van der Waals surface area contributed by atoms with Crippen molar-refractivity contribution in [3.05, 3.63) is 96.5 Å². The van der Waals surface area contributed by atoms with Gasteiger partial charge in [-0.1, -0.05) is 67.4 Å². The number of rotatable bonds is 13. The molecule has 3 rings (SSSR count). The second-order valence-corrected chi connectivity index (χ2v) is 7.45. The lowest BCUT2D eigenvalue weighted by Gasteiger charge is -2.11. The van der Waals surface area contributed by atoms with Crippen LogP contribution in [0.15, 0.2) is 90.4 Å². The molecule has 1 aromatic heterocycles. The van der Waals surface area contributed by atoms with E-state index >= 15 is 0 Å². The zero-order chi connectivity index (χ0) is 21.6. The van der Waals surface area contributed by atoms with Gasteiger partial charge in [-0.2, -0.15) is 5.11 Å². The van der Waals surface area contributed by atoms with Crippen LogP contribution in [-0.4, -0.2) is 18.1 Å². The molecule has 0 radical (unpaired) electrons. The van der Waals surface area contributed by atoms with Crippen molar-refractivity contribution < 1.29 is 0 Å². The molecule has 0 aliphatic heterocycles. The van der Waals surface area contributed by atoms with E-state index in [4.69, 9.17) is 5.53 Å². The van der Waals surface area contributed by atoms with Crippen LogP contribution in [0.3, 0.4) is 0 Å². The first-order chi connectivity index (χ1) is 15.4. The SMILES string of the molecule is N=N/C(=C\NCCCCCCNCc1ccccc1-c1ccccc1)c1cccnc1. The minimum absolute atomic E-state index is 0.605. The lowest BCUT2D eigenvalue weighted by molar-refractivity contribution is 0.581. The molecule has 1 heterocycles. The van der Waals surface area contributed by atoms with Crippen LogP contribution in [0.1, 0.15) is 36.8 Å². The number of benzene rings is 2. The van der Waals surface area contributed by atoms with E-state index in [1.165, 1.54) is 36.0 Å². The fraction of sp³-hybridized carbons (Fsp3) is 0.269. The smallest absolute Gasteiger partial charge is 0.109 e. The molecule has 3 aromatic rings. The summed E-state index contributed by atoms with van der Waals surface area (Å²) in [5.74, 6) is 0. The summed E-state index contributed by atoms with van der Waals surface area (Å²) < 4.78 is 0. The predicted octanol–water partition coefficient (Wildman–Crippen LogP) is 6.02. The van der Waals surface area contributed by atoms with Crippen molar-refractivity contribution >= 4 is 5.70 Å². The summed E-state index contributed by atoms with van der Waals surface area (Å²) in [5, 5.41) is 10.4. The van der Waals surface area contributed by atoms with Crippen LogP contribution in [0.2, 0.25) is 0 Å². The first kappa shape index (κ1) is 22.4. The summed E-state index contributed by atoms with van der Waals surface area (Å²) in [6.07, 6.45) is 9.90. The van der Waals surface area contributed by atoms with Crippen molar-refractivity contribution in [3.63, 3.8) is 0 Å². The number of aromatic nitrogens is 1. The molecule has 0 aliphatic rings. The maximum atomic E-state index is 7.31. The Morgan fingerprint density at radius 1 is 0.871 bits per heavy atom. The third-order valence-corrected chi connectivity index (χ3v) is 5.16. The van der Waals surface area contributed by atoms with E-state index in [9.17, 15) is 0 Å². The van der Waals surface area contributed by atoms with Crippen molar-refractivity contribution in [2.24, 2.45) is 5.11 Å². The van der Waals surface area contributed by atoms with Gasteiger partial charge >= 0.3 is 0 Å². The number of nitrogens with one attached hydrogen (secondary N) is 3. The van der Waals surface area contributed by atoms with Gasteiger partial charge in [-0.25, -0.2) is 5.53 Å². The van der Waals surface area contributed by atoms with Gasteiger partial charge < -0.3 is 10.6 Å². The maximum Gasteiger partial charge on any atom is 0.109 e. The highest BCUT2D eigenvalue weighted by Crippen LogP contribution is 2.23. The van der Waals surface area contributed by atoms with E-state index in [0.29, 0.717) is 5.70 Å². The first-order valence-corrected chi connectivity index (χ1v) is 10.9. The lowest BCUT2D eigenvalue weighted by Crippen LogP contribution is -2.15. The van der Waals surface area contributed by atoms with Crippen LogP contribution in [-0.2, 0) is 6.54 Å². The van der Waals surface area contributed by atoms with Crippen molar-refractivity contribution in [1.29, 1.82) is 5.53 Å². The Hall–Kier alpha value is -3.31. The molecular weight excluding hydrogens is 382 g/mol. The molecule has 2 aromatic carbocycles. The molecular formula is C26H31N5. The molecule has 160 valence electrons. The summed E-state index contributed by atoms with van der Waals surface area (Å²) >= 11 is 0. The number of hydrogen-bond acceptors (Lipinski definition) is 5. The summed E-state index contributed by atoms with van der Waals surface area (Å²) in [6, 6.07) is 22.9. The third kappa shape index (κ3) is 7.46. The second kappa shape index (κ2) is 13.1. The van der Waals surface area contributed by atoms with Gasteiger partial charge in [0.15, 0.2) is 0 Å². The quantitative estimate of drug-likeness (QED) is 0.237. The molecule has 3 N–H and O–H groups in total. The van der Waals surface area contributed by atoms with Gasteiger partial charge in [-0.05, 0) is 48.2 Å². The van der Waals surface area contributed by atoms with Gasteiger partial charge in [-0.15, -0.1) is 0 Å². The van der Waals surface area contributed by atoms with Crippen LogP contribution in [0, 0.1) is 5.53 Å². The van der Waals surface area contributed by atoms with Crippen molar-refractivity contribution in [3.8, 4) is 11.1 Å². The van der Waals surface area contributed by atoms with E-state index < -0.39 is 0 Å². The lowest BCUT2D eigenvalue weighted by atomic mass is 10.00. The highest BCUT2D eigenvalue weighted by Gasteiger charge is 2.03. The van der Waals surface area contributed by atoms with Crippen molar-refractivity contribution in [2.75, 3.05) is 13.1 Å². The van der Waals surface area contributed by atoms with Crippen LogP contribution in [0.25, 0.3) is 16.8 Å². The molecule has 0 saturated carbocycles. The van der Waals surface area contributed by atoms with Crippen LogP contribution < -0.4 is 10.6 Å². The first-order valence-electron chi connectivity index (χ1n) is 10.9. The molecule has 5 heteroatoms.